The van der Waals surface area contributed by atoms with Gasteiger partial charge in [-0.3, -0.25) is 0 Å². The van der Waals surface area contributed by atoms with E-state index < -0.39 is 0 Å². The minimum absolute atomic E-state index is 0.167. The van der Waals surface area contributed by atoms with Gasteiger partial charge in [0, 0.05) is 38.2 Å². The summed E-state index contributed by atoms with van der Waals surface area (Å²) >= 11 is 0. The van der Waals surface area contributed by atoms with E-state index in [0.29, 0.717) is 5.82 Å². The standard InChI is InChI=1S/C9H17NO2.C7H10N4/c1-9(2,3)12-8(11)10-6-4-5-7-10;8-7-5-3-9-2-1-6(5)10-4-11-7/h4-7H2,1-3H3;4,9H,1-3H2,(H2,8,10,11). The largest absolute Gasteiger partial charge is 0.444 e. The quantitative estimate of drug-likeness (QED) is 0.756. The third-order valence-electron chi connectivity index (χ3n) is 3.67. The van der Waals surface area contributed by atoms with Crippen molar-refractivity contribution in [3.63, 3.8) is 0 Å². The zero-order valence-corrected chi connectivity index (χ0v) is 14.3. The number of amides is 1. The number of hydrogen-bond acceptors (Lipinski definition) is 6. The van der Waals surface area contributed by atoms with Crippen molar-refractivity contribution in [1.29, 1.82) is 0 Å². The lowest BCUT2D eigenvalue weighted by atomic mass is 10.1. The van der Waals surface area contributed by atoms with E-state index in [-0.39, 0.29) is 11.7 Å². The fourth-order valence-corrected chi connectivity index (χ4v) is 2.52. The van der Waals surface area contributed by atoms with E-state index in [1.165, 1.54) is 6.33 Å². The molecule has 0 unspecified atom stereocenters. The highest BCUT2D eigenvalue weighted by molar-refractivity contribution is 5.68. The summed E-state index contributed by atoms with van der Waals surface area (Å²) in [5.74, 6) is 0.613. The first-order valence-electron chi connectivity index (χ1n) is 8.13. The number of ether oxygens (including phenoxy) is 1. The molecule has 3 N–H and O–H groups in total. The fourth-order valence-electron chi connectivity index (χ4n) is 2.52. The Morgan fingerprint density at radius 3 is 2.61 bits per heavy atom. The number of nitrogen functional groups attached to an aromatic ring is 1. The van der Waals surface area contributed by atoms with Crippen LogP contribution in [0.2, 0.25) is 0 Å². The monoisotopic (exact) mass is 321 g/mol. The van der Waals surface area contributed by atoms with Crippen molar-refractivity contribution in [3.8, 4) is 0 Å². The fraction of sp³-hybridized carbons (Fsp3) is 0.688. The van der Waals surface area contributed by atoms with Crippen LogP contribution in [-0.4, -0.2) is 46.2 Å². The third kappa shape index (κ3) is 5.35. The first-order chi connectivity index (χ1) is 10.9. The summed E-state index contributed by atoms with van der Waals surface area (Å²) in [5.41, 5.74) is 7.45. The maximum absolute atomic E-state index is 11.4. The molecule has 2 aliphatic rings. The summed E-state index contributed by atoms with van der Waals surface area (Å²) in [4.78, 5) is 21.2. The molecule has 1 aromatic heterocycles. The molecular weight excluding hydrogens is 294 g/mol. The lowest BCUT2D eigenvalue weighted by molar-refractivity contribution is 0.0295. The second kappa shape index (κ2) is 7.59. The molecule has 0 bridgehead atoms. The van der Waals surface area contributed by atoms with Gasteiger partial charge in [0.1, 0.15) is 17.7 Å². The van der Waals surface area contributed by atoms with Gasteiger partial charge < -0.3 is 20.7 Å². The van der Waals surface area contributed by atoms with Gasteiger partial charge in [0.15, 0.2) is 0 Å². The maximum atomic E-state index is 11.4. The molecule has 2 aliphatic heterocycles. The van der Waals surface area contributed by atoms with Crippen LogP contribution in [0.25, 0.3) is 0 Å². The molecule has 0 radical (unpaired) electrons. The zero-order valence-electron chi connectivity index (χ0n) is 14.3. The number of fused-ring (bicyclic) bond motifs is 1. The van der Waals surface area contributed by atoms with Gasteiger partial charge >= 0.3 is 6.09 Å². The molecule has 1 aromatic rings. The van der Waals surface area contributed by atoms with E-state index in [0.717, 1.165) is 56.7 Å². The number of aromatic nitrogens is 2. The van der Waals surface area contributed by atoms with Gasteiger partial charge in [0.05, 0.1) is 5.69 Å². The number of nitrogens with zero attached hydrogens (tertiary/aromatic N) is 3. The molecule has 0 saturated carbocycles. The van der Waals surface area contributed by atoms with Gasteiger partial charge in [-0.1, -0.05) is 0 Å². The molecule has 1 amide bonds. The first-order valence-corrected chi connectivity index (χ1v) is 8.13. The Hall–Kier alpha value is -1.89. The minimum atomic E-state index is -0.361. The highest BCUT2D eigenvalue weighted by Gasteiger charge is 2.23. The lowest BCUT2D eigenvalue weighted by Gasteiger charge is -2.23. The van der Waals surface area contributed by atoms with Crippen molar-refractivity contribution in [1.82, 2.24) is 20.2 Å². The van der Waals surface area contributed by atoms with Crippen molar-refractivity contribution in [2.45, 2.75) is 52.2 Å². The number of likely N-dealkylation sites (tertiary alicyclic amines) is 1. The van der Waals surface area contributed by atoms with Crippen LogP contribution in [0.5, 0.6) is 0 Å². The summed E-state index contributed by atoms with van der Waals surface area (Å²) in [5, 5.41) is 3.22. The van der Waals surface area contributed by atoms with Gasteiger partial charge in [-0.15, -0.1) is 0 Å². The van der Waals surface area contributed by atoms with Crippen LogP contribution in [0.3, 0.4) is 0 Å². The van der Waals surface area contributed by atoms with Crippen LogP contribution >= 0.6 is 0 Å². The van der Waals surface area contributed by atoms with Crippen molar-refractivity contribution in [3.05, 3.63) is 17.6 Å². The highest BCUT2D eigenvalue weighted by atomic mass is 16.6. The van der Waals surface area contributed by atoms with E-state index in [2.05, 4.69) is 15.3 Å². The average Bonchev–Trinajstić information content (AvgIpc) is 3.01. The Morgan fingerprint density at radius 1 is 1.30 bits per heavy atom. The molecule has 23 heavy (non-hydrogen) atoms. The number of nitrogens with two attached hydrogens (primary N) is 1. The van der Waals surface area contributed by atoms with Gasteiger partial charge in [0.25, 0.3) is 0 Å². The summed E-state index contributed by atoms with van der Waals surface area (Å²) in [6.07, 6.45) is 4.54. The van der Waals surface area contributed by atoms with Crippen LogP contribution in [0.1, 0.15) is 44.9 Å². The van der Waals surface area contributed by atoms with Crippen molar-refractivity contribution < 1.29 is 9.53 Å². The second-order valence-electron chi connectivity index (χ2n) is 6.79. The van der Waals surface area contributed by atoms with E-state index in [9.17, 15) is 4.79 Å². The molecule has 1 fully saturated rings. The van der Waals surface area contributed by atoms with E-state index in [1.807, 2.05) is 20.8 Å². The Morgan fingerprint density at radius 2 is 2.00 bits per heavy atom. The SMILES string of the molecule is CC(C)(C)OC(=O)N1CCCC1.Nc1ncnc2c1CNCC2. The Balaban J connectivity index is 0.000000167. The Kier molecular flexibility index (Phi) is 5.76. The smallest absolute Gasteiger partial charge is 0.410 e. The minimum Gasteiger partial charge on any atom is -0.444 e. The average molecular weight is 321 g/mol. The number of carbonyl (C=O) groups excluding carboxylic acids is 1. The number of rotatable bonds is 0. The summed E-state index contributed by atoms with van der Waals surface area (Å²) in [6.45, 7) is 9.18. The van der Waals surface area contributed by atoms with Crippen LogP contribution in [0, 0.1) is 0 Å². The van der Waals surface area contributed by atoms with Gasteiger partial charge in [-0.05, 0) is 33.6 Å². The molecule has 0 spiro atoms. The molecule has 7 heteroatoms. The lowest BCUT2D eigenvalue weighted by Crippen LogP contribution is -2.34. The first kappa shape index (κ1) is 17.5. The molecule has 128 valence electrons. The molecule has 1 saturated heterocycles. The molecule has 0 atom stereocenters. The van der Waals surface area contributed by atoms with Crippen LogP contribution in [-0.2, 0) is 17.7 Å². The molecule has 0 aromatic carbocycles. The molecule has 3 heterocycles. The van der Waals surface area contributed by atoms with Crippen LogP contribution in [0.15, 0.2) is 6.33 Å². The highest BCUT2D eigenvalue weighted by Crippen LogP contribution is 2.15. The number of nitrogens with one attached hydrogen (secondary N) is 1. The van der Waals surface area contributed by atoms with Crippen molar-refractivity contribution >= 4 is 11.9 Å². The summed E-state index contributed by atoms with van der Waals surface area (Å²) in [6, 6.07) is 0. The van der Waals surface area contributed by atoms with Crippen LogP contribution < -0.4 is 11.1 Å². The molecular formula is C16H27N5O2. The van der Waals surface area contributed by atoms with Gasteiger partial charge in [0.2, 0.25) is 0 Å². The predicted octanol–water partition coefficient (Wildman–Crippen LogP) is 1.72. The van der Waals surface area contributed by atoms with Gasteiger partial charge in [-0.2, -0.15) is 0 Å². The maximum Gasteiger partial charge on any atom is 0.410 e. The van der Waals surface area contributed by atoms with Crippen LogP contribution in [0.4, 0.5) is 10.6 Å². The normalized spacial score (nSPS) is 17.1. The predicted molar refractivity (Wildman–Crippen MR) is 88.9 cm³/mol. The van der Waals surface area contributed by atoms with Gasteiger partial charge in [-0.25, -0.2) is 14.8 Å². The summed E-state index contributed by atoms with van der Waals surface area (Å²) in [7, 11) is 0. The Bertz CT molecular complexity index is 536. The van der Waals surface area contributed by atoms with E-state index in [4.69, 9.17) is 10.5 Å². The van der Waals surface area contributed by atoms with E-state index in [1.54, 1.807) is 4.90 Å². The number of hydrogen-bond donors (Lipinski definition) is 2. The molecule has 0 aliphatic carbocycles. The zero-order chi connectivity index (χ0) is 16.9. The van der Waals surface area contributed by atoms with Crippen molar-refractivity contribution in [2.75, 3.05) is 25.4 Å². The number of carbonyl (C=O) groups is 1. The van der Waals surface area contributed by atoms with E-state index >= 15 is 0 Å². The molecule has 3 rings (SSSR count). The Labute approximate surface area is 137 Å². The topological polar surface area (TPSA) is 93.4 Å². The molecule has 7 nitrogen and oxygen atoms in total. The summed E-state index contributed by atoms with van der Waals surface area (Å²) < 4.78 is 5.21. The third-order valence-corrected chi connectivity index (χ3v) is 3.67. The van der Waals surface area contributed by atoms with Crippen molar-refractivity contribution in [2.24, 2.45) is 0 Å². The number of anilines is 1. The second-order valence-corrected chi connectivity index (χ2v) is 6.79.